The summed E-state index contributed by atoms with van der Waals surface area (Å²) < 4.78 is 5.00. The standard InChI is InChI=1S/C13H24N2O2/c1-13(2,3)15-7-5-14(6-8-15)11-4-9-17-12(16)10-11/h11H,4-10H2,1-3H3. The Balaban J connectivity index is 1.84. The van der Waals surface area contributed by atoms with Crippen LogP contribution in [-0.2, 0) is 9.53 Å². The largest absolute Gasteiger partial charge is 0.466 e. The van der Waals surface area contributed by atoms with Crippen LogP contribution in [0.3, 0.4) is 0 Å². The third-order valence-electron chi connectivity index (χ3n) is 3.90. The van der Waals surface area contributed by atoms with E-state index in [0.717, 1.165) is 32.6 Å². The maximum atomic E-state index is 11.3. The fraction of sp³-hybridized carbons (Fsp3) is 0.923. The van der Waals surface area contributed by atoms with Crippen molar-refractivity contribution in [2.45, 2.75) is 45.2 Å². The molecule has 0 aromatic rings. The molecule has 0 spiro atoms. The zero-order chi connectivity index (χ0) is 12.5. The molecule has 0 aromatic carbocycles. The zero-order valence-corrected chi connectivity index (χ0v) is 11.2. The first-order valence-electron chi connectivity index (χ1n) is 6.61. The van der Waals surface area contributed by atoms with Gasteiger partial charge in [-0.3, -0.25) is 14.6 Å². The summed E-state index contributed by atoms with van der Waals surface area (Å²) in [5.74, 6) is -0.0282. The Morgan fingerprint density at radius 2 is 1.82 bits per heavy atom. The molecule has 0 amide bonds. The van der Waals surface area contributed by atoms with Gasteiger partial charge in [-0.15, -0.1) is 0 Å². The van der Waals surface area contributed by atoms with Crippen LogP contribution in [-0.4, -0.2) is 60.1 Å². The summed E-state index contributed by atoms with van der Waals surface area (Å²) in [7, 11) is 0. The fourth-order valence-corrected chi connectivity index (χ4v) is 2.73. The number of carbonyl (C=O) groups excluding carboxylic acids is 1. The molecule has 0 aromatic heterocycles. The molecule has 4 nitrogen and oxygen atoms in total. The number of hydrogen-bond donors (Lipinski definition) is 0. The highest BCUT2D eigenvalue weighted by Gasteiger charge is 2.31. The van der Waals surface area contributed by atoms with Gasteiger partial charge in [-0.25, -0.2) is 0 Å². The van der Waals surface area contributed by atoms with Crippen molar-refractivity contribution in [3.8, 4) is 0 Å². The molecule has 0 radical (unpaired) electrons. The lowest BCUT2D eigenvalue weighted by Gasteiger charge is -2.45. The van der Waals surface area contributed by atoms with Crippen LogP contribution in [0, 0.1) is 0 Å². The van der Waals surface area contributed by atoms with Crippen molar-refractivity contribution in [1.29, 1.82) is 0 Å². The van der Waals surface area contributed by atoms with Gasteiger partial charge in [0, 0.05) is 37.8 Å². The van der Waals surface area contributed by atoms with Gasteiger partial charge in [0.15, 0.2) is 0 Å². The Morgan fingerprint density at radius 3 is 2.35 bits per heavy atom. The summed E-state index contributed by atoms with van der Waals surface area (Å²) in [6.45, 7) is 11.8. The molecule has 0 aliphatic carbocycles. The monoisotopic (exact) mass is 240 g/mol. The van der Waals surface area contributed by atoms with E-state index in [2.05, 4.69) is 30.6 Å². The molecule has 2 aliphatic heterocycles. The number of nitrogens with zero attached hydrogens (tertiary/aromatic N) is 2. The number of carbonyl (C=O) groups is 1. The van der Waals surface area contributed by atoms with Gasteiger partial charge in [0.05, 0.1) is 13.0 Å². The Hall–Kier alpha value is -0.610. The lowest BCUT2D eigenvalue weighted by atomic mass is 10.0. The smallest absolute Gasteiger partial charge is 0.307 e. The summed E-state index contributed by atoms with van der Waals surface area (Å²) in [5.41, 5.74) is 0.261. The minimum atomic E-state index is -0.0282. The SMILES string of the molecule is CC(C)(C)N1CCN(C2CCOC(=O)C2)CC1. The van der Waals surface area contributed by atoms with Crippen molar-refractivity contribution in [3.05, 3.63) is 0 Å². The minimum Gasteiger partial charge on any atom is -0.466 e. The van der Waals surface area contributed by atoms with Gasteiger partial charge in [-0.1, -0.05) is 0 Å². The number of ether oxygens (including phenoxy) is 1. The molecule has 17 heavy (non-hydrogen) atoms. The van der Waals surface area contributed by atoms with Crippen LogP contribution in [0.15, 0.2) is 0 Å². The predicted octanol–water partition coefficient (Wildman–Crippen LogP) is 1.11. The molecule has 0 saturated carbocycles. The molecule has 0 N–H and O–H groups in total. The van der Waals surface area contributed by atoms with Crippen LogP contribution in [0.25, 0.3) is 0 Å². The van der Waals surface area contributed by atoms with E-state index in [9.17, 15) is 4.79 Å². The number of hydrogen-bond acceptors (Lipinski definition) is 4. The molecular weight excluding hydrogens is 216 g/mol. The van der Waals surface area contributed by atoms with Gasteiger partial charge in [0.2, 0.25) is 0 Å². The summed E-state index contributed by atoms with van der Waals surface area (Å²) >= 11 is 0. The Kier molecular flexibility index (Phi) is 3.73. The van der Waals surface area contributed by atoms with Crippen LogP contribution >= 0.6 is 0 Å². The number of piperazine rings is 1. The average Bonchev–Trinajstić information content (AvgIpc) is 2.28. The molecule has 1 atom stereocenters. The van der Waals surface area contributed by atoms with Crippen LogP contribution < -0.4 is 0 Å². The van der Waals surface area contributed by atoms with Crippen LogP contribution in [0.4, 0.5) is 0 Å². The lowest BCUT2D eigenvalue weighted by molar-refractivity contribution is -0.150. The second kappa shape index (κ2) is 4.94. The normalized spacial score (nSPS) is 29.1. The second-order valence-corrected chi connectivity index (χ2v) is 6.06. The highest BCUT2D eigenvalue weighted by atomic mass is 16.5. The summed E-state index contributed by atoms with van der Waals surface area (Å²) in [4.78, 5) is 16.3. The van der Waals surface area contributed by atoms with Crippen molar-refractivity contribution in [2.75, 3.05) is 32.8 Å². The molecule has 2 aliphatic rings. The first-order chi connectivity index (χ1) is 7.97. The summed E-state index contributed by atoms with van der Waals surface area (Å²) in [6.07, 6.45) is 1.58. The van der Waals surface area contributed by atoms with Gasteiger partial charge in [-0.05, 0) is 27.2 Å². The van der Waals surface area contributed by atoms with Crippen LogP contribution in [0.2, 0.25) is 0 Å². The molecule has 1 unspecified atom stereocenters. The molecule has 2 saturated heterocycles. The quantitative estimate of drug-likeness (QED) is 0.643. The van der Waals surface area contributed by atoms with E-state index in [1.807, 2.05) is 0 Å². The van der Waals surface area contributed by atoms with Gasteiger partial charge in [0.25, 0.3) is 0 Å². The second-order valence-electron chi connectivity index (χ2n) is 6.06. The molecule has 2 fully saturated rings. The first-order valence-corrected chi connectivity index (χ1v) is 6.61. The van der Waals surface area contributed by atoms with E-state index < -0.39 is 0 Å². The van der Waals surface area contributed by atoms with E-state index in [-0.39, 0.29) is 11.5 Å². The number of rotatable bonds is 1. The van der Waals surface area contributed by atoms with E-state index in [1.54, 1.807) is 0 Å². The van der Waals surface area contributed by atoms with E-state index in [1.165, 1.54) is 0 Å². The summed E-state index contributed by atoms with van der Waals surface area (Å²) in [5, 5.41) is 0. The fourth-order valence-electron chi connectivity index (χ4n) is 2.73. The zero-order valence-electron chi connectivity index (χ0n) is 11.2. The van der Waals surface area contributed by atoms with E-state index in [4.69, 9.17) is 4.74 Å². The average molecular weight is 240 g/mol. The minimum absolute atomic E-state index is 0.0282. The third kappa shape index (κ3) is 3.19. The van der Waals surface area contributed by atoms with E-state index >= 15 is 0 Å². The van der Waals surface area contributed by atoms with Crippen molar-refractivity contribution in [2.24, 2.45) is 0 Å². The third-order valence-corrected chi connectivity index (χ3v) is 3.90. The van der Waals surface area contributed by atoms with Crippen molar-refractivity contribution >= 4 is 5.97 Å². The maximum absolute atomic E-state index is 11.3. The summed E-state index contributed by atoms with van der Waals surface area (Å²) in [6, 6.07) is 0.415. The van der Waals surface area contributed by atoms with Gasteiger partial charge in [-0.2, -0.15) is 0 Å². The molecule has 2 rings (SSSR count). The Bertz CT molecular complexity index is 278. The lowest BCUT2D eigenvalue weighted by Crippen LogP contribution is -2.56. The van der Waals surface area contributed by atoms with Crippen LogP contribution in [0.5, 0.6) is 0 Å². The van der Waals surface area contributed by atoms with Crippen molar-refractivity contribution in [3.63, 3.8) is 0 Å². The van der Waals surface area contributed by atoms with Gasteiger partial charge in [0.1, 0.15) is 0 Å². The number of esters is 1. The molecule has 2 heterocycles. The molecule has 0 bridgehead atoms. The predicted molar refractivity (Wildman–Crippen MR) is 66.9 cm³/mol. The Morgan fingerprint density at radius 1 is 1.18 bits per heavy atom. The van der Waals surface area contributed by atoms with Crippen molar-refractivity contribution in [1.82, 2.24) is 9.80 Å². The van der Waals surface area contributed by atoms with E-state index in [0.29, 0.717) is 19.1 Å². The topological polar surface area (TPSA) is 32.8 Å². The van der Waals surface area contributed by atoms with Gasteiger partial charge >= 0.3 is 5.97 Å². The number of cyclic esters (lactones) is 1. The molecule has 98 valence electrons. The highest BCUT2D eigenvalue weighted by Crippen LogP contribution is 2.20. The molecule has 4 heteroatoms. The Labute approximate surface area is 104 Å². The van der Waals surface area contributed by atoms with Crippen LogP contribution in [0.1, 0.15) is 33.6 Å². The highest BCUT2D eigenvalue weighted by molar-refractivity contribution is 5.70. The van der Waals surface area contributed by atoms with Crippen molar-refractivity contribution < 1.29 is 9.53 Å². The first kappa shape index (κ1) is 12.8. The van der Waals surface area contributed by atoms with Gasteiger partial charge < -0.3 is 4.74 Å². The molecular formula is C13H24N2O2. The maximum Gasteiger partial charge on any atom is 0.307 e.